The first-order chi connectivity index (χ1) is 23.5. The Morgan fingerprint density at radius 1 is 0.960 bits per heavy atom. The number of hydrogen-bond donors (Lipinski definition) is 6. The predicted octanol–water partition coefficient (Wildman–Crippen LogP) is 2.41. The van der Waals surface area contributed by atoms with Crippen LogP contribution in [-0.4, -0.2) is 95.9 Å². The highest BCUT2D eigenvalue weighted by Gasteiger charge is 2.38. The molecular formula is C35H57N5O8S2. The van der Waals surface area contributed by atoms with Gasteiger partial charge in [0.15, 0.2) is 9.84 Å². The number of aliphatic hydroxyl groups excluding tert-OH is 2. The summed E-state index contributed by atoms with van der Waals surface area (Å²) in [5, 5.41) is 27.9. The Kier molecular flexibility index (Phi) is 15.9. The molecule has 6 N–H and O–H groups in total. The Morgan fingerprint density at radius 2 is 1.64 bits per heavy atom. The van der Waals surface area contributed by atoms with Gasteiger partial charge in [-0.25, -0.2) is 26.5 Å². The average Bonchev–Trinajstić information content (AvgIpc) is 3.57. The van der Waals surface area contributed by atoms with Gasteiger partial charge in [-0.1, -0.05) is 75.8 Å². The SMILES string of the molecule is CCCCNS(=O)(=O)C[C@H](O)[C@H](O)[C@H](CC1CCCCC1)NC(=O)[C@H](Cc1cnc[nH]1)NC(=O)[C@H](Cc1ccccc1)CS(=O)(=O)C(C)(C)C. The molecule has 1 aliphatic carbocycles. The van der Waals surface area contributed by atoms with Crippen molar-refractivity contribution in [2.24, 2.45) is 11.8 Å². The van der Waals surface area contributed by atoms with Gasteiger partial charge in [0.1, 0.15) is 12.1 Å². The van der Waals surface area contributed by atoms with Crippen LogP contribution < -0.4 is 15.4 Å². The molecule has 1 aromatic carbocycles. The molecule has 3 rings (SSSR count). The molecule has 50 heavy (non-hydrogen) atoms. The van der Waals surface area contributed by atoms with Crippen LogP contribution in [0.2, 0.25) is 0 Å². The minimum Gasteiger partial charge on any atom is -0.389 e. The zero-order chi connectivity index (χ0) is 37.0. The van der Waals surface area contributed by atoms with Gasteiger partial charge in [0.2, 0.25) is 21.8 Å². The summed E-state index contributed by atoms with van der Waals surface area (Å²) in [5.74, 6) is -3.36. The largest absolute Gasteiger partial charge is 0.389 e. The number of aromatic nitrogens is 2. The van der Waals surface area contributed by atoms with Crippen LogP contribution in [0.25, 0.3) is 0 Å². The summed E-state index contributed by atoms with van der Waals surface area (Å²) in [5.41, 5.74) is 1.29. The molecule has 15 heteroatoms. The van der Waals surface area contributed by atoms with Gasteiger partial charge in [0, 0.05) is 24.9 Å². The molecule has 13 nitrogen and oxygen atoms in total. The van der Waals surface area contributed by atoms with E-state index in [1.165, 1.54) is 12.5 Å². The van der Waals surface area contributed by atoms with Crippen LogP contribution in [-0.2, 0) is 42.3 Å². The van der Waals surface area contributed by atoms with Crippen LogP contribution in [0.1, 0.15) is 90.3 Å². The number of sulfone groups is 1. The van der Waals surface area contributed by atoms with Crippen LogP contribution in [0.3, 0.4) is 0 Å². The number of nitrogens with zero attached hydrogens (tertiary/aromatic N) is 1. The summed E-state index contributed by atoms with van der Waals surface area (Å²) < 4.78 is 53.2. The van der Waals surface area contributed by atoms with Crippen molar-refractivity contribution in [2.75, 3.05) is 18.1 Å². The van der Waals surface area contributed by atoms with Gasteiger partial charge < -0.3 is 25.8 Å². The smallest absolute Gasteiger partial charge is 0.243 e. The van der Waals surface area contributed by atoms with Crippen LogP contribution >= 0.6 is 0 Å². The lowest BCUT2D eigenvalue weighted by Gasteiger charge is -2.33. The molecular weight excluding hydrogens is 683 g/mol. The molecule has 0 unspecified atom stereocenters. The number of aromatic amines is 1. The molecule has 2 amide bonds. The van der Waals surface area contributed by atoms with Crippen molar-refractivity contribution < 1.29 is 36.6 Å². The van der Waals surface area contributed by atoms with Crippen LogP contribution in [0, 0.1) is 11.8 Å². The molecule has 1 aliphatic rings. The lowest BCUT2D eigenvalue weighted by molar-refractivity contribution is -0.132. The number of hydrogen-bond acceptors (Lipinski definition) is 9. The Hall–Kier alpha value is -2.85. The Labute approximate surface area is 297 Å². The van der Waals surface area contributed by atoms with Crippen molar-refractivity contribution in [3.8, 4) is 0 Å². The van der Waals surface area contributed by atoms with E-state index in [0.717, 1.165) is 44.1 Å². The van der Waals surface area contributed by atoms with E-state index in [2.05, 4.69) is 25.3 Å². The standard InChI is InChI=1S/C35H57N5O8S2/c1-5-6-17-38-50(47,48)23-31(41)32(42)29(19-26-15-11-8-12-16-26)39-34(44)30(20-28-21-36-24-37-28)40-33(43)27(18-25-13-9-7-10-14-25)22-49(45,46)35(2,3)4/h7,9-10,13-14,21,24,26-27,29-32,38,41-42H,5-6,8,11-12,15-20,22-23H2,1-4H3,(H,36,37)(H,39,44)(H,40,43)/t27-,29+,30+,31+,32-/m1/s1. The maximum atomic E-state index is 14.1. The summed E-state index contributed by atoms with van der Waals surface area (Å²) >= 11 is 0. The van der Waals surface area contributed by atoms with E-state index >= 15 is 0 Å². The Morgan fingerprint density at radius 3 is 2.24 bits per heavy atom. The zero-order valence-corrected chi connectivity index (χ0v) is 31.4. The van der Waals surface area contributed by atoms with E-state index in [1.54, 1.807) is 45.0 Å². The van der Waals surface area contributed by atoms with E-state index in [4.69, 9.17) is 0 Å². The Bertz CT molecular complexity index is 1540. The number of H-pyrrole nitrogens is 1. The molecule has 1 heterocycles. The summed E-state index contributed by atoms with van der Waals surface area (Å²) in [7, 11) is -7.65. The topological polar surface area (TPSA) is 208 Å². The fourth-order valence-corrected chi connectivity index (χ4v) is 8.68. The number of aliphatic hydroxyl groups is 2. The minimum absolute atomic E-state index is 0.0217. The van der Waals surface area contributed by atoms with Gasteiger partial charge in [0.25, 0.3) is 0 Å². The molecule has 0 radical (unpaired) electrons. The number of carbonyl (C=O) groups is 2. The molecule has 0 aliphatic heterocycles. The highest BCUT2D eigenvalue weighted by atomic mass is 32.2. The quantitative estimate of drug-likeness (QED) is 0.110. The van der Waals surface area contributed by atoms with Gasteiger partial charge in [0.05, 0.1) is 40.6 Å². The number of imidazole rings is 1. The monoisotopic (exact) mass is 739 g/mol. The summed E-state index contributed by atoms with van der Waals surface area (Å²) in [6.07, 6.45) is 6.21. The number of amides is 2. The number of unbranched alkanes of at least 4 members (excludes halogenated alkanes) is 1. The zero-order valence-electron chi connectivity index (χ0n) is 29.8. The molecule has 2 aromatic rings. The lowest BCUT2D eigenvalue weighted by atomic mass is 9.83. The van der Waals surface area contributed by atoms with Gasteiger partial charge in [-0.2, -0.15) is 0 Å². The van der Waals surface area contributed by atoms with E-state index in [0.29, 0.717) is 18.5 Å². The van der Waals surface area contributed by atoms with Crippen LogP contribution in [0.5, 0.6) is 0 Å². The van der Waals surface area contributed by atoms with Gasteiger partial charge >= 0.3 is 0 Å². The van der Waals surface area contributed by atoms with Crippen molar-refractivity contribution in [3.05, 3.63) is 54.1 Å². The van der Waals surface area contributed by atoms with Gasteiger partial charge in [-0.15, -0.1) is 0 Å². The number of nitrogens with one attached hydrogen (secondary N) is 4. The first kappa shape index (κ1) is 41.6. The average molecular weight is 740 g/mol. The van der Waals surface area contributed by atoms with Crippen molar-refractivity contribution in [1.82, 2.24) is 25.3 Å². The maximum absolute atomic E-state index is 14.1. The Balaban J connectivity index is 1.88. The second-order valence-electron chi connectivity index (χ2n) is 14.6. The van der Waals surface area contributed by atoms with E-state index < -0.39 is 78.1 Å². The molecule has 0 spiro atoms. The summed E-state index contributed by atoms with van der Waals surface area (Å²) in [4.78, 5) is 35.0. The summed E-state index contributed by atoms with van der Waals surface area (Å²) in [6, 6.07) is 6.81. The molecule has 0 bridgehead atoms. The number of rotatable bonds is 20. The fraction of sp³-hybridized carbons (Fsp3) is 0.686. The van der Waals surface area contributed by atoms with E-state index in [9.17, 15) is 36.6 Å². The van der Waals surface area contributed by atoms with E-state index in [1.807, 2.05) is 13.0 Å². The third-order valence-corrected chi connectivity index (χ3v) is 13.5. The van der Waals surface area contributed by atoms with Crippen molar-refractivity contribution in [1.29, 1.82) is 0 Å². The second-order valence-corrected chi connectivity index (χ2v) is 19.2. The van der Waals surface area contributed by atoms with Gasteiger partial charge in [-0.3, -0.25) is 9.59 Å². The maximum Gasteiger partial charge on any atom is 0.243 e. The minimum atomic E-state index is -3.91. The van der Waals surface area contributed by atoms with Crippen molar-refractivity contribution in [2.45, 2.75) is 121 Å². The van der Waals surface area contributed by atoms with Crippen molar-refractivity contribution in [3.63, 3.8) is 0 Å². The first-order valence-corrected chi connectivity index (χ1v) is 21.0. The predicted molar refractivity (Wildman–Crippen MR) is 193 cm³/mol. The number of carbonyl (C=O) groups excluding carboxylic acids is 2. The first-order valence-electron chi connectivity index (χ1n) is 17.7. The van der Waals surface area contributed by atoms with Gasteiger partial charge in [-0.05, 0) is 51.5 Å². The molecule has 0 saturated heterocycles. The lowest BCUT2D eigenvalue weighted by Crippen LogP contribution is -2.57. The fourth-order valence-electron chi connectivity index (χ4n) is 6.16. The summed E-state index contributed by atoms with van der Waals surface area (Å²) in [6.45, 7) is 6.86. The number of benzene rings is 1. The number of sulfonamides is 1. The molecule has 1 aromatic heterocycles. The molecule has 282 valence electrons. The molecule has 1 fully saturated rings. The highest BCUT2D eigenvalue weighted by Crippen LogP contribution is 2.29. The van der Waals surface area contributed by atoms with Crippen LogP contribution in [0.15, 0.2) is 42.9 Å². The molecule has 5 atom stereocenters. The van der Waals surface area contributed by atoms with E-state index in [-0.39, 0.29) is 25.3 Å². The van der Waals surface area contributed by atoms with Crippen LogP contribution in [0.4, 0.5) is 0 Å². The van der Waals surface area contributed by atoms with Crippen molar-refractivity contribution >= 4 is 31.7 Å². The molecule has 1 saturated carbocycles. The normalized spacial score (nSPS) is 17.7. The third kappa shape index (κ3) is 13.4. The second kappa shape index (κ2) is 19.1. The third-order valence-electron chi connectivity index (χ3n) is 9.35. The highest BCUT2D eigenvalue weighted by molar-refractivity contribution is 7.92.